The Kier molecular flexibility index (Phi) is 6.64. The molecule has 0 bridgehead atoms. The van der Waals surface area contributed by atoms with Crippen molar-refractivity contribution in [2.75, 3.05) is 6.61 Å². The van der Waals surface area contributed by atoms with E-state index in [9.17, 15) is 4.79 Å². The number of benzene rings is 3. The van der Waals surface area contributed by atoms with Crippen LogP contribution in [0.1, 0.15) is 33.5 Å². The fourth-order valence-corrected chi connectivity index (χ4v) is 3.07. The maximum atomic E-state index is 10.9. The minimum Gasteiger partial charge on any atom is -0.493 e. The Balaban J connectivity index is 1.50. The number of aromatic carboxylic acids is 1. The van der Waals surface area contributed by atoms with E-state index in [1.165, 1.54) is 11.1 Å². The van der Waals surface area contributed by atoms with Crippen LogP contribution in [-0.2, 0) is 19.3 Å². The monoisotopic (exact) mass is 360 g/mol. The Morgan fingerprint density at radius 1 is 0.741 bits per heavy atom. The van der Waals surface area contributed by atoms with Gasteiger partial charge in [-0.3, -0.25) is 0 Å². The topological polar surface area (TPSA) is 46.5 Å². The van der Waals surface area contributed by atoms with E-state index in [4.69, 9.17) is 9.84 Å². The highest BCUT2D eigenvalue weighted by Crippen LogP contribution is 2.21. The minimum atomic E-state index is -0.886. The summed E-state index contributed by atoms with van der Waals surface area (Å²) in [6, 6.07) is 25.7. The summed E-state index contributed by atoms with van der Waals surface area (Å²) in [5.74, 6) is 0.0674. The van der Waals surface area contributed by atoms with Crippen LogP contribution in [0.5, 0.6) is 5.75 Å². The SMILES string of the molecule is O=C(O)c1ccc(CCCc2ccccc2OCCc2ccccc2)cc1. The molecule has 0 spiro atoms. The third kappa shape index (κ3) is 5.71. The Bertz CT molecular complexity index is 854. The van der Waals surface area contributed by atoms with Crippen molar-refractivity contribution < 1.29 is 14.6 Å². The molecule has 27 heavy (non-hydrogen) atoms. The lowest BCUT2D eigenvalue weighted by Gasteiger charge is -2.12. The molecule has 3 aromatic rings. The molecule has 138 valence electrons. The molecule has 0 heterocycles. The van der Waals surface area contributed by atoms with E-state index in [1.54, 1.807) is 12.1 Å². The van der Waals surface area contributed by atoms with Gasteiger partial charge in [0.1, 0.15) is 5.75 Å². The third-order valence-electron chi connectivity index (χ3n) is 4.58. The number of hydrogen-bond donors (Lipinski definition) is 1. The summed E-state index contributed by atoms with van der Waals surface area (Å²) < 4.78 is 6.02. The van der Waals surface area contributed by atoms with Gasteiger partial charge in [-0.25, -0.2) is 4.79 Å². The van der Waals surface area contributed by atoms with Crippen LogP contribution in [0.4, 0.5) is 0 Å². The van der Waals surface area contributed by atoms with Gasteiger partial charge in [0.2, 0.25) is 0 Å². The molecule has 0 saturated heterocycles. The lowest BCUT2D eigenvalue weighted by Crippen LogP contribution is -2.03. The predicted octanol–water partition coefficient (Wildman–Crippen LogP) is 5.18. The lowest BCUT2D eigenvalue weighted by molar-refractivity contribution is 0.0697. The summed E-state index contributed by atoms with van der Waals surface area (Å²) in [7, 11) is 0. The average molecular weight is 360 g/mol. The second-order valence-corrected chi connectivity index (χ2v) is 6.55. The number of hydrogen-bond acceptors (Lipinski definition) is 2. The molecular formula is C24H24O3. The van der Waals surface area contributed by atoms with Crippen molar-refractivity contribution in [2.24, 2.45) is 0 Å². The zero-order valence-corrected chi connectivity index (χ0v) is 15.3. The van der Waals surface area contributed by atoms with Crippen LogP contribution in [0.25, 0.3) is 0 Å². The van der Waals surface area contributed by atoms with E-state index < -0.39 is 5.97 Å². The molecule has 0 amide bonds. The van der Waals surface area contributed by atoms with Gasteiger partial charge in [0.05, 0.1) is 12.2 Å². The molecule has 0 aromatic heterocycles. The molecule has 0 saturated carbocycles. The van der Waals surface area contributed by atoms with Crippen molar-refractivity contribution in [2.45, 2.75) is 25.7 Å². The maximum Gasteiger partial charge on any atom is 0.335 e. The largest absolute Gasteiger partial charge is 0.493 e. The predicted molar refractivity (Wildman–Crippen MR) is 108 cm³/mol. The van der Waals surface area contributed by atoms with Crippen molar-refractivity contribution >= 4 is 5.97 Å². The van der Waals surface area contributed by atoms with Crippen molar-refractivity contribution in [1.29, 1.82) is 0 Å². The van der Waals surface area contributed by atoms with Crippen LogP contribution < -0.4 is 4.74 Å². The van der Waals surface area contributed by atoms with Gasteiger partial charge in [0, 0.05) is 6.42 Å². The first-order valence-electron chi connectivity index (χ1n) is 9.29. The van der Waals surface area contributed by atoms with Gasteiger partial charge in [-0.2, -0.15) is 0 Å². The summed E-state index contributed by atoms with van der Waals surface area (Å²) in [6.07, 6.45) is 3.73. The number of carboxylic acid groups (broad SMARTS) is 1. The quantitative estimate of drug-likeness (QED) is 0.572. The van der Waals surface area contributed by atoms with E-state index in [0.717, 1.165) is 37.0 Å². The number of carbonyl (C=O) groups is 1. The number of ether oxygens (including phenoxy) is 1. The van der Waals surface area contributed by atoms with Crippen LogP contribution in [0, 0.1) is 0 Å². The molecule has 0 unspecified atom stereocenters. The minimum absolute atomic E-state index is 0.330. The van der Waals surface area contributed by atoms with Gasteiger partial charge in [-0.1, -0.05) is 60.7 Å². The summed E-state index contributed by atoms with van der Waals surface area (Å²) in [6.45, 7) is 0.664. The molecule has 3 aromatic carbocycles. The van der Waals surface area contributed by atoms with Gasteiger partial charge in [0.25, 0.3) is 0 Å². The first-order valence-corrected chi connectivity index (χ1v) is 9.29. The van der Waals surface area contributed by atoms with Crippen molar-refractivity contribution in [3.63, 3.8) is 0 Å². The highest BCUT2D eigenvalue weighted by atomic mass is 16.5. The van der Waals surface area contributed by atoms with E-state index in [-0.39, 0.29) is 0 Å². The zero-order chi connectivity index (χ0) is 18.9. The standard InChI is InChI=1S/C24H24O3/c25-24(26)22-15-13-20(14-16-22)9-6-11-21-10-4-5-12-23(21)27-18-17-19-7-2-1-3-8-19/h1-5,7-8,10,12-16H,6,9,11,17-18H2,(H,25,26). The van der Waals surface area contributed by atoms with E-state index in [2.05, 4.69) is 18.2 Å². The number of rotatable bonds is 9. The highest BCUT2D eigenvalue weighted by molar-refractivity contribution is 5.87. The van der Waals surface area contributed by atoms with Crippen LogP contribution in [0.3, 0.4) is 0 Å². The van der Waals surface area contributed by atoms with E-state index >= 15 is 0 Å². The maximum absolute atomic E-state index is 10.9. The van der Waals surface area contributed by atoms with Gasteiger partial charge in [0.15, 0.2) is 0 Å². The fraction of sp³-hybridized carbons (Fsp3) is 0.208. The lowest BCUT2D eigenvalue weighted by atomic mass is 10.0. The van der Waals surface area contributed by atoms with Crippen LogP contribution in [-0.4, -0.2) is 17.7 Å². The van der Waals surface area contributed by atoms with Crippen molar-refractivity contribution in [1.82, 2.24) is 0 Å². The third-order valence-corrected chi connectivity index (χ3v) is 4.58. The molecule has 0 aliphatic rings. The summed E-state index contributed by atoms with van der Waals surface area (Å²) in [4.78, 5) is 10.9. The molecule has 3 rings (SSSR count). The second-order valence-electron chi connectivity index (χ2n) is 6.55. The van der Waals surface area contributed by atoms with Crippen LogP contribution in [0.2, 0.25) is 0 Å². The molecule has 0 aliphatic carbocycles. The average Bonchev–Trinajstić information content (AvgIpc) is 2.70. The molecule has 3 heteroatoms. The molecule has 0 atom stereocenters. The van der Waals surface area contributed by atoms with Gasteiger partial charge in [-0.15, -0.1) is 0 Å². The molecule has 0 fully saturated rings. The van der Waals surface area contributed by atoms with Gasteiger partial charge < -0.3 is 9.84 Å². The van der Waals surface area contributed by atoms with Crippen molar-refractivity contribution in [3.05, 3.63) is 101 Å². The fourth-order valence-electron chi connectivity index (χ4n) is 3.07. The first kappa shape index (κ1) is 18.7. The molecule has 3 nitrogen and oxygen atoms in total. The molecular weight excluding hydrogens is 336 g/mol. The van der Waals surface area contributed by atoms with E-state index in [0.29, 0.717) is 12.2 Å². The zero-order valence-electron chi connectivity index (χ0n) is 15.3. The Morgan fingerprint density at radius 2 is 1.41 bits per heavy atom. The Hall–Kier alpha value is -3.07. The molecule has 0 radical (unpaired) electrons. The Labute approximate surface area is 160 Å². The van der Waals surface area contributed by atoms with E-state index in [1.807, 2.05) is 48.5 Å². The normalized spacial score (nSPS) is 10.5. The summed E-state index contributed by atoms with van der Waals surface area (Å²) in [5.41, 5.74) is 3.98. The first-order chi connectivity index (χ1) is 13.2. The number of para-hydroxylation sites is 1. The second kappa shape index (κ2) is 9.58. The number of aryl methyl sites for hydroxylation is 2. The van der Waals surface area contributed by atoms with Crippen LogP contribution in [0.15, 0.2) is 78.9 Å². The number of carboxylic acids is 1. The summed E-state index contributed by atoms with van der Waals surface area (Å²) >= 11 is 0. The highest BCUT2D eigenvalue weighted by Gasteiger charge is 2.05. The molecule has 0 aliphatic heterocycles. The molecule has 1 N–H and O–H groups in total. The Morgan fingerprint density at radius 3 is 2.15 bits per heavy atom. The van der Waals surface area contributed by atoms with Crippen LogP contribution >= 0.6 is 0 Å². The van der Waals surface area contributed by atoms with Crippen molar-refractivity contribution in [3.8, 4) is 5.75 Å². The van der Waals surface area contributed by atoms with Gasteiger partial charge >= 0.3 is 5.97 Å². The summed E-state index contributed by atoms with van der Waals surface area (Å²) in [5, 5.41) is 8.96. The van der Waals surface area contributed by atoms with Gasteiger partial charge in [-0.05, 0) is 54.2 Å². The smallest absolute Gasteiger partial charge is 0.335 e.